The fourth-order valence-electron chi connectivity index (χ4n) is 1.88. The van der Waals surface area contributed by atoms with Crippen molar-refractivity contribution < 1.29 is 4.74 Å². The molecule has 2 aromatic heterocycles. The Morgan fingerprint density at radius 2 is 1.95 bits per heavy atom. The minimum Gasteiger partial charge on any atom is -0.454 e. The zero-order chi connectivity index (χ0) is 13.9. The molecule has 20 heavy (non-hydrogen) atoms. The molecule has 0 saturated heterocycles. The molecule has 0 unspecified atom stereocenters. The third-order valence-corrected chi connectivity index (χ3v) is 4.01. The van der Waals surface area contributed by atoms with Crippen molar-refractivity contribution in [1.29, 1.82) is 0 Å². The molecule has 0 fully saturated rings. The molecule has 0 saturated carbocycles. The van der Waals surface area contributed by atoms with Gasteiger partial charge in [0.05, 0.1) is 5.52 Å². The number of nitrogens with zero attached hydrogens (tertiary/aromatic N) is 2. The van der Waals surface area contributed by atoms with Crippen LogP contribution in [0.2, 0.25) is 0 Å². The molecule has 5 heteroatoms. The summed E-state index contributed by atoms with van der Waals surface area (Å²) in [6.45, 7) is 0. The summed E-state index contributed by atoms with van der Waals surface area (Å²) in [4.78, 5) is 9.79. The van der Waals surface area contributed by atoms with Crippen LogP contribution >= 0.6 is 27.7 Å². The minimum atomic E-state index is 0.712. The van der Waals surface area contributed by atoms with E-state index in [1.165, 1.54) is 0 Å². The Kier molecular flexibility index (Phi) is 3.89. The first-order valence-electron chi connectivity index (χ1n) is 5.99. The lowest BCUT2D eigenvalue weighted by atomic mass is 10.3. The number of aromatic nitrogens is 2. The van der Waals surface area contributed by atoms with Crippen LogP contribution in [0.5, 0.6) is 11.5 Å². The minimum absolute atomic E-state index is 0.712. The fourth-order valence-corrected chi connectivity index (χ4v) is 2.73. The second kappa shape index (κ2) is 5.81. The van der Waals surface area contributed by atoms with Crippen LogP contribution in [0.1, 0.15) is 0 Å². The Bertz CT molecular complexity index is 764. The predicted molar refractivity (Wildman–Crippen MR) is 85.5 cm³/mol. The molecular weight excluding hydrogens is 336 g/mol. The van der Waals surface area contributed by atoms with E-state index in [4.69, 9.17) is 4.74 Å². The molecular formula is C15H11BrN2OS. The topological polar surface area (TPSA) is 35.0 Å². The molecule has 0 atom stereocenters. The second-order valence-corrected chi connectivity index (χ2v) is 5.85. The number of para-hydroxylation sites is 1. The van der Waals surface area contributed by atoms with Crippen molar-refractivity contribution in [3.63, 3.8) is 0 Å². The van der Waals surface area contributed by atoms with Gasteiger partial charge in [-0.1, -0.05) is 12.1 Å². The van der Waals surface area contributed by atoms with Gasteiger partial charge >= 0.3 is 0 Å². The van der Waals surface area contributed by atoms with Gasteiger partial charge in [-0.25, -0.2) is 4.98 Å². The summed E-state index contributed by atoms with van der Waals surface area (Å²) in [6, 6.07) is 11.7. The van der Waals surface area contributed by atoms with Gasteiger partial charge in [0.25, 0.3) is 0 Å². The van der Waals surface area contributed by atoms with E-state index in [2.05, 4.69) is 25.9 Å². The van der Waals surface area contributed by atoms with Crippen molar-refractivity contribution in [1.82, 2.24) is 9.97 Å². The smallest absolute Gasteiger partial charge is 0.156 e. The molecule has 0 amide bonds. The maximum Gasteiger partial charge on any atom is 0.156 e. The number of hydrogen-bond donors (Lipinski definition) is 0. The van der Waals surface area contributed by atoms with Crippen molar-refractivity contribution in [3.8, 4) is 11.5 Å². The molecule has 0 N–H and O–H groups in total. The summed E-state index contributed by atoms with van der Waals surface area (Å²) in [7, 11) is 0. The van der Waals surface area contributed by atoms with E-state index in [0.29, 0.717) is 5.75 Å². The SMILES string of the molecule is CSc1ccccc1Oc1ccnc2cc(Br)cnc12. The van der Waals surface area contributed by atoms with Crippen LogP contribution in [0.25, 0.3) is 11.0 Å². The van der Waals surface area contributed by atoms with E-state index in [1.807, 2.05) is 42.7 Å². The van der Waals surface area contributed by atoms with Gasteiger partial charge in [0.1, 0.15) is 11.3 Å². The molecule has 0 aliphatic rings. The summed E-state index contributed by atoms with van der Waals surface area (Å²) >= 11 is 5.05. The van der Waals surface area contributed by atoms with Crippen LogP contribution in [0.3, 0.4) is 0 Å². The summed E-state index contributed by atoms with van der Waals surface area (Å²) in [5.74, 6) is 1.54. The monoisotopic (exact) mass is 346 g/mol. The molecule has 3 nitrogen and oxygen atoms in total. The Morgan fingerprint density at radius 1 is 1.10 bits per heavy atom. The third kappa shape index (κ3) is 2.64. The maximum atomic E-state index is 6.01. The molecule has 0 spiro atoms. The molecule has 3 rings (SSSR count). The number of benzene rings is 1. The predicted octanol–water partition coefficient (Wildman–Crippen LogP) is 4.91. The highest BCUT2D eigenvalue weighted by molar-refractivity contribution is 9.10. The summed E-state index contributed by atoms with van der Waals surface area (Å²) in [5.41, 5.74) is 1.56. The third-order valence-electron chi connectivity index (χ3n) is 2.80. The molecule has 0 bridgehead atoms. The van der Waals surface area contributed by atoms with Crippen LogP contribution in [-0.4, -0.2) is 16.2 Å². The van der Waals surface area contributed by atoms with Crippen LogP contribution in [0, 0.1) is 0 Å². The lowest BCUT2D eigenvalue weighted by Gasteiger charge is -2.10. The largest absolute Gasteiger partial charge is 0.454 e. The van der Waals surface area contributed by atoms with E-state index >= 15 is 0 Å². The van der Waals surface area contributed by atoms with Crippen molar-refractivity contribution in [2.45, 2.75) is 4.90 Å². The van der Waals surface area contributed by atoms with E-state index in [-0.39, 0.29) is 0 Å². The van der Waals surface area contributed by atoms with Crippen LogP contribution in [0.15, 0.2) is 58.2 Å². The quantitative estimate of drug-likeness (QED) is 0.631. The first-order chi connectivity index (χ1) is 9.78. The first-order valence-corrected chi connectivity index (χ1v) is 8.01. The molecule has 0 aliphatic heterocycles. The zero-order valence-corrected chi connectivity index (χ0v) is 13.1. The van der Waals surface area contributed by atoms with Crippen molar-refractivity contribution >= 4 is 38.7 Å². The van der Waals surface area contributed by atoms with Gasteiger partial charge in [-0.2, -0.15) is 0 Å². The van der Waals surface area contributed by atoms with E-state index in [9.17, 15) is 0 Å². The number of thioether (sulfide) groups is 1. The molecule has 1 aromatic carbocycles. The second-order valence-electron chi connectivity index (χ2n) is 4.08. The first kappa shape index (κ1) is 13.4. The van der Waals surface area contributed by atoms with Crippen LogP contribution < -0.4 is 4.74 Å². The Balaban J connectivity index is 2.07. The van der Waals surface area contributed by atoms with E-state index in [0.717, 1.165) is 26.2 Å². The number of ether oxygens (including phenoxy) is 1. The van der Waals surface area contributed by atoms with Crippen molar-refractivity contribution in [2.75, 3.05) is 6.26 Å². The lowest BCUT2D eigenvalue weighted by molar-refractivity contribution is 0.475. The van der Waals surface area contributed by atoms with E-state index in [1.54, 1.807) is 24.2 Å². The van der Waals surface area contributed by atoms with Gasteiger partial charge in [0, 0.05) is 27.8 Å². The molecule has 3 aromatic rings. The Morgan fingerprint density at radius 3 is 2.80 bits per heavy atom. The Hall–Kier alpha value is -1.59. The van der Waals surface area contributed by atoms with Crippen molar-refractivity contribution in [2.24, 2.45) is 0 Å². The van der Waals surface area contributed by atoms with E-state index < -0.39 is 0 Å². The number of rotatable bonds is 3. The Labute approximate surface area is 129 Å². The van der Waals surface area contributed by atoms with Gasteiger partial charge in [0.2, 0.25) is 0 Å². The van der Waals surface area contributed by atoms with Crippen molar-refractivity contribution in [3.05, 3.63) is 53.3 Å². The molecule has 100 valence electrons. The fraction of sp³-hybridized carbons (Fsp3) is 0.0667. The number of pyridine rings is 2. The van der Waals surface area contributed by atoms with Gasteiger partial charge in [0.15, 0.2) is 5.75 Å². The standard InChI is InChI=1S/C15H11BrN2OS/c1-20-14-5-3-2-4-12(14)19-13-6-7-17-11-8-10(16)9-18-15(11)13/h2-9H,1H3. The normalized spacial score (nSPS) is 10.7. The summed E-state index contributed by atoms with van der Waals surface area (Å²) < 4.78 is 6.92. The van der Waals surface area contributed by atoms with Gasteiger partial charge in [-0.3, -0.25) is 4.98 Å². The molecule has 0 radical (unpaired) electrons. The van der Waals surface area contributed by atoms with Crippen LogP contribution in [0.4, 0.5) is 0 Å². The highest BCUT2D eigenvalue weighted by Crippen LogP contribution is 2.33. The van der Waals surface area contributed by atoms with Gasteiger partial charge in [-0.05, 0) is 40.4 Å². The number of halogens is 1. The number of fused-ring (bicyclic) bond motifs is 1. The average molecular weight is 347 g/mol. The maximum absolute atomic E-state index is 6.01. The molecule has 0 aliphatic carbocycles. The summed E-state index contributed by atoms with van der Waals surface area (Å²) in [5, 5.41) is 0. The highest BCUT2D eigenvalue weighted by atomic mass is 79.9. The van der Waals surface area contributed by atoms with Crippen LogP contribution in [-0.2, 0) is 0 Å². The van der Waals surface area contributed by atoms with Gasteiger partial charge < -0.3 is 4.74 Å². The zero-order valence-electron chi connectivity index (χ0n) is 10.7. The lowest BCUT2D eigenvalue weighted by Crippen LogP contribution is -1.91. The average Bonchev–Trinajstić information content (AvgIpc) is 2.47. The highest BCUT2D eigenvalue weighted by Gasteiger charge is 2.08. The summed E-state index contributed by atoms with van der Waals surface area (Å²) in [6.07, 6.45) is 5.51. The number of hydrogen-bond acceptors (Lipinski definition) is 4. The molecule has 2 heterocycles. The van der Waals surface area contributed by atoms with Gasteiger partial charge in [-0.15, -0.1) is 11.8 Å².